The molecule has 76 valence electrons. The predicted molar refractivity (Wildman–Crippen MR) is 44.4 cm³/mol. The molecule has 0 aromatic heterocycles. The fourth-order valence-corrected chi connectivity index (χ4v) is 1.50. The lowest BCUT2D eigenvalue weighted by molar-refractivity contribution is -0.124. The van der Waals surface area contributed by atoms with Crippen molar-refractivity contribution in [2.75, 3.05) is 6.54 Å². The van der Waals surface area contributed by atoms with Crippen molar-refractivity contribution in [1.29, 1.82) is 0 Å². The Morgan fingerprint density at radius 2 is 2.31 bits per heavy atom. The molecule has 1 rings (SSSR count). The van der Waals surface area contributed by atoms with Crippen molar-refractivity contribution in [3.63, 3.8) is 0 Å². The van der Waals surface area contributed by atoms with Crippen LogP contribution in [0.1, 0.15) is 25.7 Å². The van der Waals surface area contributed by atoms with E-state index in [1.54, 1.807) is 0 Å². The van der Waals surface area contributed by atoms with Crippen LogP contribution in [0, 0.1) is 0 Å². The van der Waals surface area contributed by atoms with Crippen LogP contribution in [0.25, 0.3) is 0 Å². The molecule has 0 bridgehead atoms. The monoisotopic (exact) mass is 192 g/mol. The van der Waals surface area contributed by atoms with Crippen molar-refractivity contribution in [2.24, 2.45) is 5.73 Å². The smallest absolute Gasteiger partial charge is 0.267 e. The zero-order valence-electron chi connectivity index (χ0n) is 7.35. The molecular weight excluding hydrogens is 178 g/mol. The normalized spacial score (nSPS) is 25.9. The summed E-state index contributed by atoms with van der Waals surface area (Å²) in [7, 11) is 0. The predicted octanol–water partition coefficient (Wildman–Crippen LogP) is 0.639. The average molecular weight is 192 g/mol. The van der Waals surface area contributed by atoms with Crippen LogP contribution in [0.3, 0.4) is 0 Å². The minimum Gasteiger partial charge on any atom is -0.347 e. The highest BCUT2D eigenvalue weighted by Crippen LogP contribution is 2.34. The van der Waals surface area contributed by atoms with Crippen molar-refractivity contribution in [3.05, 3.63) is 0 Å². The molecule has 0 aliphatic heterocycles. The molecule has 1 unspecified atom stereocenters. The number of carbonyl (C=O) groups excluding carboxylic acids is 1. The number of alkyl halides is 2. The molecule has 0 radical (unpaired) electrons. The minimum atomic E-state index is -2.73. The first-order valence-electron chi connectivity index (χ1n) is 4.43. The van der Waals surface area contributed by atoms with Crippen LogP contribution in [0.2, 0.25) is 0 Å². The third kappa shape index (κ3) is 2.62. The molecule has 1 saturated carbocycles. The summed E-state index contributed by atoms with van der Waals surface area (Å²) >= 11 is 0. The molecule has 1 aliphatic rings. The van der Waals surface area contributed by atoms with E-state index in [1.165, 1.54) is 0 Å². The van der Waals surface area contributed by atoms with E-state index in [-0.39, 0.29) is 25.3 Å². The lowest BCUT2D eigenvalue weighted by atomic mass is 10.2. The standard InChI is InChI=1S/C8H14F2N2O/c9-8(10)4-1-2-6(8)12-7(13)3-5-11/h6H,1-5,11H2,(H,12,13). The first-order chi connectivity index (χ1) is 6.06. The molecule has 13 heavy (non-hydrogen) atoms. The van der Waals surface area contributed by atoms with Gasteiger partial charge in [0.05, 0.1) is 6.04 Å². The number of halogens is 2. The zero-order valence-corrected chi connectivity index (χ0v) is 7.35. The van der Waals surface area contributed by atoms with Gasteiger partial charge >= 0.3 is 0 Å². The summed E-state index contributed by atoms with van der Waals surface area (Å²) in [5.74, 6) is -3.11. The summed E-state index contributed by atoms with van der Waals surface area (Å²) in [6.07, 6.45) is 0.830. The number of nitrogens with two attached hydrogens (primary N) is 1. The second-order valence-electron chi connectivity index (χ2n) is 3.31. The second kappa shape index (κ2) is 4.00. The van der Waals surface area contributed by atoms with Crippen LogP contribution in [0.4, 0.5) is 8.78 Å². The molecule has 0 heterocycles. The number of rotatable bonds is 3. The Kier molecular flexibility index (Phi) is 3.19. The van der Waals surface area contributed by atoms with E-state index >= 15 is 0 Å². The van der Waals surface area contributed by atoms with Gasteiger partial charge in [0.2, 0.25) is 5.91 Å². The molecule has 1 fully saturated rings. The Labute approximate surface area is 75.7 Å². The van der Waals surface area contributed by atoms with Gasteiger partial charge in [0.1, 0.15) is 0 Å². The Morgan fingerprint density at radius 3 is 2.77 bits per heavy atom. The Hall–Kier alpha value is -0.710. The van der Waals surface area contributed by atoms with Gasteiger partial charge in [-0.2, -0.15) is 0 Å². The van der Waals surface area contributed by atoms with Crippen molar-refractivity contribution in [3.8, 4) is 0 Å². The molecule has 1 amide bonds. The lowest BCUT2D eigenvalue weighted by Gasteiger charge is -2.19. The summed E-state index contributed by atoms with van der Waals surface area (Å²) in [6.45, 7) is 0.199. The van der Waals surface area contributed by atoms with Crippen molar-refractivity contribution in [2.45, 2.75) is 37.6 Å². The van der Waals surface area contributed by atoms with E-state index in [9.17, 15) is 13.6 Å². The van der Waals surface area contributed by atoms with E-state index in [0.717, 1.165) is 0 Å². The average Bonchev–Trinajstić information content (AvgIpc) is 2.31. The van der Waals surface area contributed by atoms with Crippen LogP contribution in [0.5, 0.6) is 0 Å². The molecule has 1 atom stereocenters. The van der Waals surface area contributed by atoms with Crippen LogP contribution in [0.15, 0.2) is 0 Å². The van der Waals surface area contributed by atoms with Gasteiger partial charge in [-0.05, 0) is 12.8 Å². The second-order valence-corrected chi connectivity index (χ2v) is 3.31. The van der Waals surface area contributed by atoms with Gasteiger partial charge in [0.25, 0.3) is 5.92 Å². The number of nitrogens with one attached hydrogen (secondary N) is 1. The Bertz CT molecular complexity index is 197. The highest BCUT2D eigenvalue weighted by molar-refractivity contribution is 5.76. The topological polar surface area (TPSA) is 55.1 Å². The van der Waals surface area contributed by atoms with Crippen LogP contribution in [-0.2, 0) is 4.79 Å². The highest BCUT2D eigenvalue weighted by atomic mass is 19.3. The molecule has 0 aromatic carbocycles. The maximum atomic E-state index is 13.0. The SMILES string of the molecule is NCCC(=O)NC1CCCC1(F)F. The summed E-state index contributed by atoms with van der Waals surface area (Å²) in [6, 6.07) is -0.980. The van der Waals surface area contributed by atoms with Crippen LogP contribution >= 0.6 is 0 Å². The number of amides is 1. The van der Waals surface area contributed by atoms with E-state index in [1.807, 2.05) is 0 Å². The highest BCUT2D eigenvalue weighted by Gasteiger charge is 2.44. The van der Waals surface area contributed by atoms with E-state index in [2.05, 4.69) is 5.32 Å². The molecule has 5 heteroatoms. The number of carbonyl (C=O) groups is 1. The lowest BCUT2D eigenvalue weighted by Crippen LogP contribution is -2.44. The van der Waals surface area contributed by atoms with E-state index in [0.29, 0.717) is 12.8 Å². The quantitative estimate of drug-likeness (QED) is 0.689. The first-order valence-corrected chi connectivity index (χ1v) is 4.43. The molecule has 0 spiro atoms. The summed E-state index contributed by atoms with van der Waals surface area (Å²) in [5, 5.41) is 2.30. The maximum Gasteiger partial charge on any atom is 0.267 e. The third-order valence-corrected chi connectivity index (χ3v) is 2.22. The maximum absolute atomic E-state index is 13.0. The van der Waals surface area contributed by atoms with Crippen LogP contribution in [-0.4, -0.2) is 24.4 Å². The summed E-state index contributed by atoms with van der Waals surface area (Å²) in [5.41, 5.74) is 5.12. The fraction of sp³-hybridized carbons (Fsp3) is 0.875. The molecule has 0 aromatic rings. The fourth-order valence-electron chi connectivity index (χ4n) is 1.50. The molecule has 0 saturated heterocycles. The number of hydrogen-bond acceptors (Lipinski definition) is 2. The van der Waals surface area contributed by atoms with E-state index in [4.69, 9.17) is 5.73 Å². The van der Waals surface area contributed by atoms with Gasteiger partial charge in [0, 0.05) is 19.4 Å². The van der Waals surface area contributed by atoms with Crippen molar-refractivity contribution < 1.29 is 13.6 Å². The largest absolute Gasteiger partial charge is 0.347 e. The van der Waals surface area contributed by atoms with Crippen molar-refractivity contribution >= 4 is 5.91 Å². The van der Waals surface area contributed by atoms with Gasteiger partial charge in [-0.3, -0.25) is 4.79 Å². The van der Waals surface area contributed by atoms with Gasteiger partial charge < -0.3 is 11.1 Å². The molecule has 1 aliphatic carbocycles. The van der Waals surface area contributed by atoms with Crippen molar-refractivity contribution in [1.82, 2.24) is 5.32 Å². The van der Waals surface area contributed by atoms with Gasteiger partial charge in [0.15, 0.2) is 0 Å². The minimum absolute atomic E-state index is 0.118. The Balaban J connectivity index is 2.40. The summed E-state index contributed by atoms with van der Waals surface area (Å²) in [4.78, 5) is 11.0. The third-order valence-electron chi connectivity index (χ3n) is 2.22. The Morgan fingerprint density at radius 1 is 1.62 bits per heavy atom. The zero-order chi connectivity index (χ0) is 9.90. The van der Waals surface area contributed by atoms with Gasteiger partial charge in [-0.1, -0.05) is 0 Å². The summed E-state index contributed by atoms with van der Waals surface area (Å²) < 4.78 is 25.9. The van der Waals surface area contributed by atoms with Gasteiger partial charge in [-0.25, -0.2) is 8.78 Å². The molecular formula is C8H14F2N2O. The van der Waals surface area contributed by atoms with E-state index < -0.39 is 12.0 Å². The van der Waals surface area contributed by atoms with Gasteiger partial charge in [-0.15, -0.1) is 0 Å². The molecule has 3 N–H and O–H groups in total. The number of hydrogen-bond donors (Lipinski definition) is 2. The first kappa shape index (κ1) is 10.4. The molecule has 3 nitrogen and oxygen atoms in total. The van der Waals surface area contributed by atoms with Crippen LogP contribution < -0.4 is 11.1 Å².